The quantitative estimate of drug-likeness (QED) is 0.569. The molecule has 0 aliphatic heterocycles. The SMILES string of the molecule is CCOS(=O)(=O)c1ccc(N)c(N)c1. The van der Waals surface area contributed by atoms with Gasteiger partial charge in [-0.05, 0) is 25.1 Å². The molecule has 78 valence electrons. The predicted octanol–water partition coefficient (Wildman–Crippen LogP) is 0.576. The molecule has 0 amide bonds. The van der Waals surface area contributed by atoms with Crippen molar-refractivity contribution in [3.63, 3.8) is 0 Å². The Labute approximate surface area is 82.8 Å². The van der Waals surface area contributed by atoms with Gasteiger partial charge in [0.2, 0.25) is 0 Å². The maximum Gasteiger partial charge on any atom is 0.297 e. The van der Waals surface area contributed by atoms with Crippen LogP contribution in [0.5, 0.6) is 0 Å². The summed E-state index contributed by atoms with van der Waals surface area (Å²) in [7, 11) is -3.69. The van der Waals surface area contributed by atoms with Crippen LogP contribution in [-0.4, -0.2) is 15.0 Å². The molecule has 5 nitrogen and oxygen atoms in total. The van der Waals surface area contributed by atoms with Gasteiger partial charge < -0.3 is 11.5 Å². The lowest BCUT2D eigenvalue weighted by atomic mass is 10.3. The predicted molar refractivity (Wildman–Crippen MR) is 54.1 cm³/mol. The Morgan fingerprint density at radius 3 is 2.43 bits per heavy atom. The van der Waals surface area contributed by atoms with E-state index in [1.807, 2.05) is 0 Å². The fraction of sp³-hybridized carbons (Fsp3) is 0.250. The van der Waals surface area contributed by atoms with Crippen LogP contribution in [0.3, 0.4) is 0 Å². The van der Waals surface area contributed by atoms with Crippen molar-refractivity contribution in [1.82, 2.24) is 0 Å². The van der Waals surface area contributed by atoms with Crippen LogP contribution in [-0.2, 0) is 14.3 Å². The molecule has 0 radical (unpaired) electrons. The van der Waals surface area contributed by atoms with Crippen molar-refractivity contribution in [3.8, 4) is 0 Å². The van der Waals surface area contributed by atoms with E-state index in [9.17, 15) is 8.42 Å². The summed E-state index contributed by atoms with van der Waals surface area (Å²) < 4.78 is 27.3. The first-order valence-electron chi connectivity index (χ1n) is 4.02. The molecule has 0 aromatic heterocycles. The minimum Gasteiger partial charge on any atom is -0.397 e. The van der Waals surface area contributed by atoms with Crippen LogP contribution in [0.25, 0.3) is 0 Å². The average molecular weight is 216 g/mol. The lowest BCUT2D eigenvalue weighted by Crippen LogP contribution is -2.07. The fourth-order valence-corrected chi connectivity index (χ4v) is 1.88. The lowest BCUT2D eigenvalue weighted by Gasteiger charge is -2.05. The summed E-state index contributed by atoms with van der Waals surface area (Å²) >= 11 is 0. The normalized spacial score (nSPS) is 11.5. The summed E-state index contributed by atoms with van der Waals surface area (Å²) in [6.45, 7) is 1.69. The summed E-state index contributed by atoms with van der Waals surface area (Å²) in [5, 5.41) is 0. The molecule has 0 spiro atoms. The van der Waals surface area contributed by atoms with Crippen molar-refractivity contribution in [3.05, 3.63) is 18.2 Å². The first kappa shape index (κ1) is 10.8. The molecule has 0 heterocycles. The van der Waals surface area contributed by atoms with E-state index in [-0.39, 0.29) is 17.2 Å². The Hall–Kier alpha value is -1.27. The summed E-state index contributed by atoms with van der Waals surface area (Å²) in [5.74, 6) is 0. The molecule has 0 atom stereocenters. The molecule has 0 aliphatic carbocycles. The molecule has 1 rings (SSSR count). The molecule has 0 unspecified atom stereocenters. The molecule has 4 N–H and O–H groups in total. The van der Waals surface area contributed by atoms with Crippen molar-refractivity contribution >= 4 is 21.5 Å². The summed E-state index contributed by atoms with van der Waals surface area (Å²) in [6.07, 6.45) is 0. The largest absolute Gasteiger partial charge is 0.397 e. The van der Waals surface area contributed by atoms with Gasteiger partial charge in [-0.2, -0.15) is 8.42 Å². The van der Waals surface area contributed by atoms with Crippen molar-refractivity contribution in [2.45, 2.75) is 11.8 Å². The fourth-order valence-electron chi connectivity index (χ4n) is 0.932. The molecule has 1 aromatic rings. The first-order valence-corrected chi connectivity index (χ1v) is 5.42. The molecule has 6 heteroatoms. The molecule has 14 heavy (non-hydrogen) atoms. The van der Waals surface area contributed by atoms with Crippen LogP contribution in [0.2, 0.25) is 0 Å². The zero-order chi connectivity index (χ0) is 10.8. The van der Waals surface area contributed by atoms with Gasteiger partial charge in [-0.25, -0.2) is 0 Å². The molecular weight excluding hydrogens is 204 g/mol. The zero-order valence-corrected chi connectivity index (χ0v) is 8.54. The number of nitrogen functional groups attached to an aromatic ring is 2. The molecular formula is C8H12N2O3S. The maximum absolute atomic E-state index is 11.4. The van der Waals surface area contributed by atoms with Gasteiger partial charge in [0.15, 0.2) is 0 Å². The van der Waals surface area contributed by atoms with Gasteiger partial charge in [0.25, 0.3) is 10.1 Å². The summed E-state index contributed by atoms with van der Waals surface area (Å²) in [5.41, 5.74) is 11.5. The number of anilines is 2. The van der Waals surface area contributed by atoms with Gasteiger partial charge in [-0.15, -0.1) is 0 Å². The van der Waals surface area contributed by atoms with Gasteiger partial charge in [0.1, 0.15) is 0 Å². The van der Waals surface area contributed by atoms with Crippen LogP contribution in [0.1, 0.15) is 6.92 Å². The van der Waals surface area contributed by atoms with Gasteiger partial charge in [0.05, 0.1) is 22.9 Å². The number of benzene rings is 1. The smallest absolute Gasteiger partial charge is 0.297 e. The van der Waals surface area contributed by atoms with Crippen molar-refractivity contribution in [2.24, 2.45) is 0 Å². The topological polar surface area (TPSA) is 95.4 Å². The van der Waals surface area contributed by atoms with Gasteiger partial charge in [-0.3, -0.25) is 4.18 Å². The molecule has 0 aliphatic rings. The summed E-state index contributed by atoms with van der Waals surface area (Å²) in [4.78, 5) is 0.0195. The Bertz CT molecular complexity index is 428. The van der Waals surface area contributed by atoms with Gasteiger partial charge in [0, 0.05) is 0 Å². The number of nitrogens with two attached hydrogens (primary N) is 2. The van der Waals surface area contributed by atoms with Crippen LogP contribution in [0.4, 0.5) is 11.4 Å². The highest BCUT2D eigenvalue weighted by Gasteiger charge is 2.14. The number of rotatable bonds is 3. The van der Waals surface area contributed by atoms with Crippen molar-refractivity contribution in [2.75, 3.05) is 18.1 Å². The third-order valence-corrected chi connectivity index (χ3v) is 3.00. The van der Waals surface area contributed by atoms with E-state index in [1.54, 1.807) is 6.92 Å². The molecule has 0 saturated heterocycles. The van der Waals surface area contributed by atoms with Gasteiger partial charge >= 0.3 is 0 Å². The lowest BCUT2D eigenvalue weighted by molar-refractivity contribution is 0.338. The third-order valence-electron chi connectivity index (χ3n) is 1.62. The molecule has 0 fully saturated rings. The second kappa shape index (κ2) is 3.85. The van der Waals surface area contributed by atoms with E-state index in [0.29, 0.717) is 5.69 Å². The van der Waals surface area contributed by atoms with Crippen molar-refractivity contribution in [1.29, 1.82) is 0 Å². The highest BCUT2D eigenvalue weighted by Crippen LogP contribution is 2.20. The minimum absolute atomic E-state index is 0.0195. The van der Waals surface area contributed by atoms with Gasteiger partial charge in [-0.1, -0.05) is 0 Å². The van der Waals surface area contributed by atoms with E-state index >= 15 is 0 Å². The van der Waals surface area contributed by atoms with Crippen LogP contribution in [0.15, 0.2) is 23.1 Å². The van der Waals surface area contributed by atoms with E-state index in [0.717, 1.165) is 0 Å². The minimum atomic E-state index is -3.69. The Kier molecular flexibility index (Phi) is 2.97. The Morgan fingerprint density at radius 1 is 1.29 bits per heavy atom. The van der Waals surface area contributed by atoms with Crippen LogP contribution >= 0.6 is 0 Å². The summed E-state index contributed by atoms with van der Waals surface area (Å²) in [6, 6.07) is 4.07. The van der Waals surface area contributed by atoms with Crippen molar-refractivity contribution < 1.29 is 12.6 Å². The van der Waals surface area contributed by atoms with E-state index in [1.165, 1.54) is 18.2 Å². The first-order chi connectivity index (χ1) is 6.47. The van der Waals surface area contributed by atoms with E-state index in [4.69, 9.17) is 11.5 Å². The Morgan fingerprint density at radius 2 is 1.93 bits per heavy atom. The highest BCUT2D eigenvalue weighted by atomic mass is 32.2. The maximum atomic E-state index is 11.4. The molecule has 0 bridgehead atoms. The second-order valence-corrected chi connectivity index (χ2v) is 4.27. The van der Waals surface area contributed by atoms with E-state index in [2.05, 4.69) is 4.18 Å². The zero-order valence-electron chi connectivity index (χ0n) is 7.73. The number of hydrogen-bond acceptors (Lipinski definition) is 5. The Balaban J connectivity index is 3.15. The molecule has 0 saturated carbocycles. The second-order valence-electron chi connectivity index (χ2n) is 2.65. The van der Waals surface area contributed by atoms with Crippen LogP contribution < -0.4 is 11.5 Å². The average Bonchev–Trinajstić information content (AvgIpc) is 2.09. The van der Waals surface area contributed by atoms with Crippen LogP contribution in [0, 0.1) is 0 Å². The van der Waals surface area contributed by atoms with E-state index < -0.39 is 10.1 Å². The molecule has 1 aromatic carbocycles. The number of hydrogen-bond donors (Lipinski definition) is 2. The monoisotopic (exact) mass is 216 g/mol. The standard InChI is InChI=1S/C8H12N2O3S/c1-2-13-14(11,12)6-3-4-7(9)8(10)5-6/h3-5H,2,9-10H2,1H3. The highest BCUT2D eigenvalue weighted by molar-refractivity contribution is 7.86. The third kappa shape index (κ3) is 2.15.